The lowest BCUT2D eigenvalue weighted by atomic mass is 9.89. The number of aryl methyl sites for hydroxylation is 2. The molecule has 1 fully saturated rings. The molecule has 2 aromatic carbocycles. The minimum absolute atomic E-state index is 0.0784. The van der Waals surface area contributed by atoms with Gasteiger partial charge in [-0.2, -0.15) is 0 Å². The van der Waals surface area contributed by atoms with Crippen LogP contribution in [0.25, 0.3) is 0 Å². The third-order valence-corrected chi connectivity index (χ3v) is 6.05. The first-order chi connectivity index (χ1) is 13.0. The fourth-order valence-electron chi connectivity index (χ4n) is 3.56. The summed E-state index contributed by atoms with van der Waals surface area (Å²) in [5.41, 5.74) is 4.38. The monoisotopic (exact) mass is 401 g/mol. The van der Waals surface area contributed by atoms with Crippen molar-refractivity contribution >= 4 is 29.1 Å². The van der Waals surface area contributed by atoms with E-state index in [4.69, 9.17) is 23.2 Å². The van der Waals surface area contributed by atoms with Crippen LogP contribution >= 0.6 is 23.2 Å². The summed E-state index contributed by atoms with van der Waals surface area (Å²) in [5, 5.41) is 3.46. The highest BCUT2D eigenvalue weighted by Crippen LogP contribution is 2.37. The molecular formula is C23H25Cl2NO. The second kappa shape index (κ2) is 8.95. The number of hydrogen-bond acceptors (Lipinski definition) is 1. The molecule has 1 amide bonds. The summed E-state index contributed by atoms with van der Waals surface area (Å²) in [6.07, 6.45) is 4.31. The van der Waals surface area contributed by atoms with Crippen LogP contribution in [0, 0.1) is 13.8 Å². The van der Waals surface area contributed by atoms with Crippen LogP contribution in [0.15, 0.2) is 58.6 Å². The van der Waals surface area contributed by atoms with E-state index in [0.717, 1.165) is 36.8 Å². The highest BCUT2D eigenvalue weighted by Gasteiger charge is 2.25. The maximum absolute atomic E-state index is 12.6. The van der Waals surface area contributed by atoms with E-state index < -0.39 is 0 Å². The van der Waals surface area contributed by atoms with Crippen LogP contribution < -0.4 is 5.32 Å². The molecule has 27 heavy (non-hydrogen) atoms. The Morgan fingerprint density at radius 3 is 1.78 bits per heavy atom. The Morgan fingerprint density at radius 1 is 0.889 bits per heavy atom. The fraction of sp³-hybridized carbons (Fsp3) is 0.348. The van der Waals surface area contributed by atoms with E-state index in [1.807, 2.05) is 62.4 Å². The molecule has 0 saturated heterocycles. The first kappa shape index (κ1) is 20.0. The van der Waals surface area contributed by atoms with Crippen LogP contribution in [0.1, 0.15) is 53.9 Å². The van der Waals surface area contributed by atoms with Crippen LogP contribution in [-0.2, 0) is 4.79 Å². The summed E-state index contributed by atoms with van der Waals surface area (Å²) in [4.78, 5) is 12.6. The van der Waals surface area contributed by atoms with Gasteiger partial charge in [0.15, 0.2) is 0 Å². The second-order valence-electron chi connectivity index (χ2n) is 7.37. The van der Waals surface area contributed by atoms with Gasteiger partial charge >= 0.3 is 0 Å². The van der Waals surface area contributed by atoms with E-state index in [2.05, 4.69) is 5.32 Å². The Balaban J connectivity index is 1.96. The molecule has 1 N–H and O–H groups in total. The number of allylic oxidation sites excluding steroid dienone is 1. The number of carbonyl (C=O) groups excluding carboxylic acids is 1. The van der Waals surface area contributed by atoms with Crippen molar-refractivity contribution in [2.75, 3.05) is 0 Å². The lowest BCUT2D eigenvalue weighted by Crippen LogP contribution is -2.33. The normalized spacial score (nSPS) is 15.7. The zero-order valence-corrected chi connectivity index (χ0v) is 17.3. The fourth-order valence-corrected chi connectivity index (χ4v) is 4.06. The summed E-state index contributed by atoms with van der Waals surface area (Å²) in [6, 6.07) is 16.6. The molecule has 0 unspecified atom stereocenters. The number of halogens is 2. The predicted octanol–water partition coefficient (Wildman–Crippen LogP) is 6.18. The smallest absolute Gasteiger partial charge is 0.264 e. The van der Waals surface area contributed by atoms with Gasteiger partial charge in [-0.05, 0) is 37.8 Å². The van der Waals surface area contributed by atoms with Crippen molar-refractivity contribution in [3.63, 3.8) is 0 Å². The Hall–Kier alpha value is -1.77. The van der Waals surface area contributed by atoms with Crippen LogP contribution in [-0.4, -0.2) is 11.9 Å². The molecule has 4 heteroatoms. The summed E-state index contributed by atoms with van der Waals surface area (Å²) < 4.78 is 0. The lowest BCUT2D eigenvalue weighted by molar-refractivity contribution is -0.117. The summed E-state index contributed by atoms with van der Waals surface area (Å²) in [5.74, 6) is -0.549. The molecule has 0 heterocycles. The van der Waals surface area contributed by atoms with Crippen LogP contribution in [0.4, 0.5) is 0 Å². The summed E-state index contributed by atoms with van der Waals surface area (Å²) in [6.45, 7) is 4.09. The number of nitrogens with one attached hydrogen (secondary N) is 1. The molecule has 2 aromatic rings. The van der Waals surface area contributed by atoms with E-state index >= 15 is 0 Å². The van der Waals surface area contributed by atoms with Gasteiger partial charge < -0.3 is 5.32 Å². The number of hydrogen-bond donors (Lipinski definition) is 1. The third-order valence-electron chi connectivity index (χ3n) is 5.17. The van der Waals surface area contributed by atoms with Crippen molar-refractivity contribution in [2.24, 2.45) is 0 Å². The number of amides is 1. The topological polar surface area (TPSA) is 29.1 Å². The summed E-state index contributed by atoms with van der Waals surface area (Å²) >= 11 is 13.2. The van der Waals surface area contributed by atoms with Gasteiger partial charge in [-0.3, -0.25) is 4.79 Å². The summed E-state index contributed by atoms with van der Waals surface area (Å²) in [7, 11) is 0. The molecule has 1 saturated carbocycles. The molecule has 3 rings (SSSR count). The van der Waals surface area contributed by atoms with Crippen molar-refractivity contribution in [2.45, 2.75) is 51.5 Å². The second-order valence-corrected chi connectivity index (χ2v) is 8.16. The van der Waals surface area contributed by atoms with Crippen molar-refractivity contribution in [1.29, 1.82) is 0 Å². The van der Waals surface area contributed by atoms with Gasteiger partial charge in [0.1, 0.15) is 5.03 Å². The highest BCUT2D eigenvalue weighted by molar-refractivity contribution is 6.48. The lowest BCUT2D eigenvalue weighted by Gasteiger charge is -2.20. The molecule has 0 bridgehead atoms. The largest absolute Gasteiger partial charge is 0.349 e. The van der Waals surface area contributed by atoms with Gasteiger partial charge in [-0.15, -0.1) is 0 Å². The van der Waals surface area contributed by atoms with Crippen molar-refractivity contribution in [1.82, 2.24) is 5.32 Å². The highest BCUT2D eigenvalue weighted by atomic mass is 35.5. The van der Waals surface area contributed by atoms with E-state index in [0.29, 0.717) is 5.03 Å². The average molecular weight is 402 g/mol. The number of rotatable bonds is 5. The molecule has 0 spiro atoms. The maximum atomic E-state index is 12.6. The zero-order valence-electron chi connectivity index (χ0n) is 15.8. The van der Waals surface area contributed by atoms with E-state index in [9.17, 15) is 4.79 Å². The van der Waals surface area contributed by atoms with Gasteiger partial charge in [-0.25, -0.2) is 0 Å². The molecule has 0 radical (unpaired) electrons. The molecule has 1 aliphatic rings. The molecule has 2 nitrogen and oxygen atoms in total. The van der Waals surface area contributed by atoms with Crippen LogP contribution in [0.5, 0.6) is 0 Å². The van der Waals surface area contributed by atoms with E-state index in [1.54, 1.807) is 0 Å². The van der Waals surface area contributed by atoms with Gasteiger partial charge in [0.2, 0.25) is 0 Å². The average Bonchev–Trinajstić information content (AvgIpc) is 3.17. The zero-order chi connectivity index (χ0) is 19.4. The van der Waals surface area contributed by atoms with Gasteiger partial charge in [-0.1, -0.05) is 95.7 Å². The third kappa shape index (κ3) is 4.94. The van der Waals surface area contributed by atoms with Gasteiger partial charge in [0.25, 0.3) is 5.91 Å². The Kier molecular flexibility index (Phi) is 6.62. The first-order valence-corrected chi connectivity index (χ1v) is 10.2. The maximum Gasteiger partial charge on any atom is 0.264 e. The Morgan fingerprint density at radius 2 is 1.33 bits per heavy atom. The SMILES string of the molecule is Cc1ccc(C(/C(Cl)=C(\Cl)C(=O)NC2CCCC2)c2ccc(C)cc2)cc1. The molecular weight excluding hydrogens is 377 g/mol. The van der Waals surface area contributed by atoms with E-state index in [-0.39, 0.29) is 22.9 Å². The minimum atomic E-state index is -0.280. The van der Waals surface area contributed by atoms with Crippen molar-refractivity contribution < 1.29 is 4.79 Å². The molecule has 142 valence electrons. The Labute approximate surface area is 171 Å². The van der Waals surface area contributed by atoms with E-state index in [1.165, 1.54) is 11.1 Å². The quantitative estimate of drug-likeness (QED) is 0.594. The number of benzene rings is 2. The van der Waals surface area contributed by atoms with Crippen LogP contribution in [0.3, 0.4) is 0 Å². The molecule has 0 aliphatic heterocycles. The van der Waals surface area contributed by atoms with Gasteiger partial charge in [0, 0.05) is 12.0 Å². The standard InChI is InChI=1S/C23H25Cl2NO/c1-15-7-11-17(12-8-15)20(18-13-9-16(2)10-14-18)21(24)22(25)23(27)26-19-5-3-4-6-19/h7-14,19-20H,3-6H2,1-2H3,(H,26,27)/b22-21+. The first-order valence-electron chi connectivity index (χ1n) is 9.45. The van der Waals surface area contributed by atoms with Crippen molar-refractivity contribution in [3.05, 3.63) is 80.8 Å². The molecule has 0 aromatic heterocycles. The van der Waals surface area contributed by atoms with Crippen LogP contribution in [0.2, 0.25) is 0 Å². The predicted molar refractivity (Wildman–Crippen MR) is 113 cm³/mol. The Bertz CT molecular complexity index is 773. The minimum Gasteiger partial charge on any atom is -0.349 e. The number of carbonyl (C=O) groups is 1. The van der Waals surface area contributed by atoms with Gasteiger partial charge in [0.05, 0.1) is 5.03 Å². The molecule has 1 aliphatic carbocycles. The van der Waals surface area contributed by atoms with Crippen molar-refractivity contribution in [3.8, 4) is 0 Å². The molecule has 0 atom stereocenters.